The van der Waals surface area contributed by atoms with Crippen molar-refractivity contribution in [1.29, 1.82) is 0 Å². The van der Waals surface area contributed by atoms with Crippen LogP contribution in [0.3, 0.4) is 0 Å². The molecule has 2 rings (SSSR count). The molecule has 0 bridgehead atoms. The summed E-state index contributed by atoms with van der Waals surface area (Å²) in [6.45, 7) is 1.72. The largest absolute Gasteiger partial charge is 0.389 e. The van der Waals surface area contributed by atoms with Gasteiger partial charge in [-0.05, 0) is 19.4 Å². The molecule has 0 aromatic heterocycles. The summed E-state index contributed by atoms with van der Waals surface area (Å²) in [5.41, 5.74) is 1.75. The second-order valence-electron chi connectivity index (χ2n) is 4.90. The molecule has 18 heavy (non-hydrogen) atoms. The fraction of sp³-hybridized carbons (Fsp3) is 0.538. The summed E-state index contributed by atoms with van der Waals surface area (Å²) in [6.07, 6.45) is 0.106. The molecule has 1 N–H and O–H groups in total. The zero-order chi connectivity index (χ0) is 13.3. The summed E-state index contributed by atoms with van der Waals surface area (Å²) in [6, 6.07) is 7.59. The number of sulfone groups is 1. The van der Waals surface area contributed by atoms with Gasteiger partial charge in [-0.15, -0.1) is 0 Å². The molecule has 1 aliphatic rings. The van der Waals surface area contributed by atoms with E-state index in [4.69, 9.17) is 0 Å². The van der Waals surface area contributed by atoms with E-state index in [1.54, 1.807) is 6.92 Å². The Bertz CT molecular complexity index is 525. The second-order valence-corrected chi connectivity index (χ2v) is 7.13. The van der Waals surface area contributed by atoms with Crippen molar-refractivity contribution in [3.8, 4) is 0 Å². The number of hydrogen-bond acceptors (Lipinski definition) is 4. The van der Waals surface area contributed by atoms with Crippen molar-refractivity contribution < 1.29 is 13.5 Å². The van der Waals surface area contributed by atoms with Crippen LogP contribution in [0.1, 0.15) is 25.0 Å². The van der Waals surface area contributed by atoms with Crippen molar-refractivity contribution in [2.45, 2.75) is 25.5 Å². The lowest BCUT2D eigenvalue weighted by Crippen LogP contribution is -2.33. The van der Waals surface area contributed by atoms with E-state index in [1.807, 2.05) is 36.2 Å². The van der Waals surface area contributed by atoms with Crippen LogP contribution >= 0.6 is 0 Å². The molecule has 1 saturated heterocycles. The van der Waals surface area contributed by atoms with Gasteiger partial charge in [0, 0.05) is 24.3 Å². The number of nitrogens with zero attached hydrogens (tertiary/aromatic N) is 1. The van der Waals surface area contributed by atoms with Gasteiger partial charge in [0.05, 0.1) is 17.6 Å². The first kappa shape index (κ1) is 13.4. The van der Waals surface area contributed by atoms with Crippen LogP contribution in [0, 0.1) is 0 Å². The molecule has 1 unspecified atom stereocenters. The summed E-state index contributed by atoms with van der Waals surface area (Å²) < 4.78 is 23.0. The number of rotatable bonds is 3. The number of aliphatic hydroxyl groups is 1. The minimum absolute atomic E-state index is 0.00917. The highest BCUT2D eigenvalue weighted by atomic mass is 32.2. The van der Waals surface area contributed by atoms with Gasteiger partial charge in [0.2, 0.25) is 0 Å². The van der Waals surface area contributed by atoms with Crippen molar-refractivity contribution in [2.24, 2.45) is 0 Å². The van der Waals surface area contributed by atoms with E-state index < -0.39 is 15.9 Å². The van der Waals surface area contributed by atoms with Crippen molar-refractivity contribution in [3.05, 3.63) is 29.8 Å². The van der Waals surface area contributed by atoms with Gasteiger partial charge in [0.15, 0.2) is 9.84 Å². The maximum absolute atomic E-state index is 11.5. The van der Waals surface area contributed by atoms with Crippen molar-refractivity contribution in [2.75, 3.05) is 23.5 Å². The molecule has 1 aromatic carbocycles. The van der Waals surface area contributed by atoms with Crippen LogP contribution in [0.25, 0.3) is 0 Å². The first-order valence-corrected chi connectivity index (χ1v) is 7.93. The van der Waals surface area contributed by atoms with Crippen molar-refractivity contribution in [1.82, 2.24) is 0 Å². The molecular formula is C13H19NO3S. The zero-order valence-corrected chi connectivity index (χ0v) is 11.5. The second kappa shape index (κ2) is 4.90. The van der Waals surface area contributed by atoms with Crippen molar-refractivity contribution >= 4 is 15.5 Å². The van der Waals surface area contributed by atoms with Gasteiger partial charge in [0.1, 0.15) is 0 Å². The van der Waals surface area contributed by atoms with Gasteiger partial charge in [-0.25, -0.2) is 8.42 Å². The van der Waals surface area contributed by atoms with Crippen LogP contribution < -0.4 is 4.90 Å². The highest BCUT2D eigenvalue weighted by Crippen LogP contribution is 2.29. The number of aliphatic hydroxyl groups excluding tert-OH is 1. The Labute approximate surface area is 108 Å². The lowest BCUT2D eigenvalue weighted by Gasteiger charge is -2.28. The number of benzene rings is 1. The predicted molar refractivity (Wildman–Crippen MR) is 72.5 cm³/mol. The fourth-order valence-electron chi connectivity index (χ4n) is 2.44. The first-order chi connectivity index (χ1) is 8.41. The predicted octanol–water partition coefficient (Wildman–Crippen LogP) is 1.36. The maximum atomic E-state index is 11.5. The van der Waals surface area contributed by atoms with Crippen LogP contribution in [0.15, 0.2) is 24.3 Å². The molecule has 1 fully saturated rings. The summed E-state index contributed by atoms with van der Waals surface area (Å²) in [4.78, 5) is 1.98. The number of para-hydroxylation sites is 1. The third kappa shape index (κ3) is 2.67. The Hall–Kier alpha value is -1.07. The van der Waals surface area contributed by atoms with Gasteiger partial charge >= 0.3 is 0 Å². The molecule has 4 nitrogen and oxygen atoms in total. The summed E-state index contributed by atoms with van der Waals surface area (Å²) in [5, 5.41) is 9.75. The lowest BCUT2D eigenvalue weighted by atomic mass is 10.1. The van der Waals surface area contributed by atoms with Gasteiger partial charge in [0.25, 0.3) is 0 Å². The zero-order valence-electron chi connectivity index (χ0n) is 10.7. The van der Waals surface area contributed by atoms with E-state index >= 15 is 0 Å². The van der Waals surface area contributed by atoms with Crippen LogP contribution in [0.5, 0.6) is 0 Å². The molecule has 1 aliphatic heterocycles. The van der Waals surface area contributed by atoms with Crippen LogP contribution in [0.2, 0.25) is 0 Å². The quantitative estimate of drug-likeness (QED) is 0.900. The first-order valence-electron chi connectivity index (χ1n) is 6.11. The Morgan fingerprint density at radius 3 is 2.61 bits per heavy atom. The lowest BCUT2D eigenvalue weighted by molar-refractivity contribution is 0.199. The van der Waals surface area contributed by atoms with Gasteiger partial charge < -0.3 is 10.0 Å². The van der Waals surface area contributed by atoms with E-state index in [0.717, 1.165) is 11.3 Å². The highest BCUT2D eigenvalue weighted by Gasteiger charge is 2.31. The topological polar surface area (TPSA) is 57.6 Å². The number of anilines is 1. The minimum atomic E-state index is -2.89. The Morgan fingerprint density at radius 2 is 2.06 bits per heavy atom. The van der Waals surface area contributed by atoms with E-state index in [2.05, 4.69) is 0 Å². The minimum Gasteiger partial charge on any atom is -0.389 e. The Morgan fingerprint density at radius 1 is 1.39 bits per heavy atom. The average Bonchev–Trinajstić information content (AvgIpc) is 2.68. The molecule has 1 heterocycles. The summed E-state index contributed by atoms with van der Waals surface area (Å²) >= 11 is 0. The third-order valence-corrected chi connectivity index (χ3v) is 5.27. The van der Waals surface area contributed by atoms with E-state index in [0.29, 0.717) is 6.42 Å². The van der Waals surface area contributed by atoms with Gasteiger partial charge in [-0.3, -0.25) is 0 Å². The monoisotopic (exact) mass is 269 g/mol. The molecule has 0 spiro atoms. The van der Waals surface area contributed by atoms with Crippen LogP contribution in [0.4, 0.5) is 5.69 Å². The van der Waals surface area contributed by atoms with Gasteiger partial charge in [-0.1, -0.05) is 18.2 Å². The number of hydrogen-bond donors (Lipinski definition) is 1. The SMILES string of the molecule is C[C@@H](O)c1ccccc1N(C)C1CCS(=O)(=O)C1. The van der Waals surface area contributed by atoms with E-state index in [-0.39, 0.29) is 17.5 Å². The van der Waals surface area contributed by atoms with Crippen LogP contribution in [-0.4, -0.2) is 38.1 Å². The van der Waals surface area contributed by atoms with E-state index in [9.17, 15) is 13.5 Å². The molecule has 0 saturated carbocycles. The molecule has 2 atom stereocenters. The normalized spacial score (nSPS) is 23.8. The fourth-order valence-corrected chi connectivity index (χ4v) is 4.21. The Balaban J connectivity index is 2.27. The average molecular weight is 269 g/mol. The Kier molecular flexibility index (Phi) is 3.64. The highest BCUT2D eigenvalue weighted by molar-refractivity contribution is 7.91. The smallest absolute Gasteiger partial charge is 0.152 e. The molecule has 0 radical (unpaired) electrons. The standard InChI is InChI=1S/C13H19NO3S/c1-10(15)12-5-3-4-6-13(12)14(2)11-7-8-18(16,17)9-11/h3-6,10-11,15H,7-9H2,1-2H3/t10-,11?/m1/s1. The molecule has 0 aliphatic carbocycles. The van der Waals surface area contributed by atoms with E-state index in [1.165, 1.54) is 0 Å². The molecular weight excluding hydrogens is 250 g/mol. The molecule has 5 heteroatoms. The summed E-state index contributed by atoms with van der Waals surface area (Å²) in [7, 11) is -0.990. The molecule has 1 aromatic rings. The van der Waals surface area contributed by atoms with Gasteiger partial charge in [-0.2, -0.15) is 0 Å². The summed E-state index contributed by atoms with van der Waals surface area (Å²) in [5.74, 6) is 0.469. The van der Waals surface area contributed by atoms with Crippen molar-refractivity contribution in [3.63, 3.8) is 0 Å². The maximum Gasteiger partial charge on any atom is 0.152 e. The molecule has 0 amide bonds. The third-order valence-electron chi connectivity index (χ3n) is 3.52. The van der Waals surface area contributed by atoms with Crippen LogP contribution in [-0.2, 0) is 9.84 Å². The molecule has 100 valence electrons.